The van der Waals surface area contributed by atoms with E-state index in [1.54, 1.807) is 11.3 Å². The van der Waals surface area contributed by atoms with Crippen molar-refractivity contribution in [3.63, 3.8) is 0 Å². The van der Waals surface area contributed by atoms with Gasteiger partial charge in [0.2, 0.25) is 0 Å². The van der Waals surface area contributed by atoms with E-state index >= 15 is 0 Å². The van der Waals surface area contributed by atoms with Crippen molar-refractivity contribution in [3.05, 3.63) is 22.7 Å². The number of rotatable bonds is 1. The predicted molar refractivity (Wildman–Crippen MR) is 70.2 cm³/mol. The fourth-order valence-electron chi connectivity index (χ4n) is 1.94. The van der Waals surface area contributed by atoms with Crippen LogP contribution in [-0.2, 0) is 0 Å². The van der Waals surface area contributed by atoms with Crippen LogP contribution >= 0.6 is 27.3 Å². The Morgan fingerprint density at radius 3 is 3.12 bits per heavy atom. The van der Waals surface area contributed by atoms with Gasteiger partial charge in [-0.1, -0.05) is 27.3 Å². The number of hydrogen-bond acceptors (Lipinski definition) is 4. The summed E-state index contributed by atoms with van der Waals surface area (Å²) in [6, 6.07) is 6.11. The molecule has 0 amide bonds. The number of fused-ring (bicyclic) bond motifs is 1. The maximum atomic E-state index is 9.51. The van der Waals surface area contributed by atoms with Crippen molar-refractivity contribution in [1.29, 1.82) is 0 Å². The number of thiazole rings is 1. The number of aliphatic hydroxyl groups excluding tert-OH is 1. The van der Waals surface area contributed by atoms with Crippen molar-refractivity contribution >= 4 is 42.6 Å². The van der Waals surface area contributed by atoms with E-state index in [4.69, 9.17) is 0 Å². The van der Waals surface area contributed by atoms with Crippen molar-refractivity contribution in [2.45, 2.75) is 12.5 Å². The van der Waals surface area contributed by atoms with Crippen LogP contribution in [0.15, 0.2) is 22.7 Å². The molecule has 0 spiro atoms. The minimum atomic E-state index is -0.196. The first-order valence-electron chi connectivity index (χ1n) is 5.21. The normalized spacial score (nSPS) is 20.9. The number of nitrogens with zero attached hydrogens (tertiary/aromatic N) is 2. The highest BCUT2D eigenvalue weighted by Crippen LogP contribution is 2.32. The molecule has 0 aliphatic carbocycles. The van der Waals surface area contributed by atoms with Gasteiger partial charge in [0.05, 0.1) is 16.3 Å². The molecule has 0 bridgehead atoms. The molecule has 3 nitrogen and oxygen atoms in total. The van der Waals surface area contributed by atoms with Gasteiger partial charge in [0, 0.05) is 17.6 Å². The predicted octanol–water partition coefficient (Wildman–Crippen LogP) is 2.63. The van der Waals surface area contributed by atoms with E-state index in [2.05, 4.69) is 31.9 Å². The lowest BCUT2D eigenvalue weighted by molar-refractivity contribution is 0.198. The van der Waals surface area contributed by atoms with Crippen molar-refractivity contribution in [1.82, 2.24) is 4.98 Å². The Balaban J connectivity index is 1.99. The second-order valence-electron chi connectivity index (χ2n) is 4.00. The van der Waals surface area contributed by atoms with E-state index in [0.717, 1.165) is 28.1 Å². The van der Waals surface area contributed by atoms with Crippen LogP contribution in [0.25, 0.3) is 10.2 Å². The Morgan fingerprint density at radius 2 is 2.38 bits per heavy atom. The first kappa shape index (κ1) is 10.5. The average molecular weight is 299 g/mol. The van der Waals surface area contributed by atoms with E-state index in [0.29, 0.717) is 6.54 Å². The third-order valence-corrected chi connectivity index (χ3v) is 4.35. The Labute approximate surface area is 106 Å². The summed E-state index contributed by atoms with van der Waals surface area (Å²) in [6.07, 6.45) is 0.651. The fourth-order valence-corrected chi connectivity index (χ4v) is 3.49. The van der Waals surface area contributed by atoms with E-state index < -0.39 is 0 Å². The van der Waals surface area contributed by atoms with Crippen molar-refractivity contribution in [2.75, 3.05) is 18.0 Å². The van der Waals surface area contributed by atoms with Gasteiger partial charge < -0.3 is 10.0 Å². The molecule has 2 aromatic rings. The third kappa shape index (κ3) is 1.83. The summed E-state index contributed by atoms with van der Waals surface area (Å²) in [5.41, 5.74) is 1.03. The molecule has 1 N–H and O–H groups in total. The van der Waals surface area contributed by atoms with Crippen LogP contribution < -0.4 is 4.90 Å². The van der Waals surface area contributed by atoms with Gasteiger partial charge in [-0.2, -0.15) is 0 Å². The molecule has 1 aromatic carbocycles. The van der Waals surface area contributed by atoms with Gasteiger partial charge in [-0.3, -0.25) is 0 Å². The molecule has 3 rings (SSSR count). The molecule has 1 aliphatic heterocycles. The average Bonchev–Trinajstić information content (AvgIpc) is 2.83. The SMILES string of the molecule is OC1CCN(c2nc3ccc(Br)cc3s2)C1. The van der Waals surface area contributed by atoms with E-state index in [9.17, 15) is 5.11 Å². The molecule has 2 heterocycles. The van der Waals surface area contributed by atoms with Crippen LogP contribution in [0.2, 0.25) is 0 Å². The van der Waals surface area contributed by atoms with Crippen LogP contribution in [0.4, 0.5) is 5.13 Å². The summed E-state index contributed by atoms with van der Waals surface area (Å²) >= 11 is 5.14. The summed E-state index contributed by atoms with van der Waals surface area (Å²) in [5.74, 6) is 0. The highest BCUT2D eigenvalue weighted by atomic mass is 79.9. The van der Waals surface area contributed by atoms with Gasteiger partial charge in [0.15, 0.2) is 5.13 Å². The van der Waals surface area contributed by atoms with Crippen LogP contribution in [0.1, 0.15) is 6.42 Å². The summed E-state index contributed by atoms with van der Waals surface area (Å²) in [7, 11) is 0. The van der Waals surface area contributed by atoms with Gasteiger partial charge in [-0.25, -0.2) is 4.98 Å². The standard InChI is InChI=1S/C11H11BrN2OS/c12-7-1-2-9-10(5-7)16-11(13-9)14-4-3-8(15)6-14/h1-2,5,8,15H,3-4,6H2. The smallest absolute Gasteiger partial charge is 0.186 e. The van der Waals surface area contributed by atoms with Crippen LogP contribution in [0.3, 0.4) is 0 Å². The van der Waals surface area contributed by atoms with Gasteiger partial charge >= 0.3 is 0 Å². The lowest BCUT2D eigenvalue weighted by Crippen LogP contribution is -2.20. The van der Waals surface area contributed by atoms with E-state index in [1.807, 2.05) is 12.1 Å². The van der Waals surface area contributed by atoms with Gasteiger partial charge in [-0.05, 0) is 24.6 Å². The quantitative estimate of drug-likeness (QED) is 0.879. The molecule has 1 saturated heterocycles. The van der Waals surface area contributed by atoms with Gasteiger partial charge in [0.25, 0.3) is 0 Å². The van der Waals surface area contributed by atoms with E-state index in [-0.39, 0.29) is 6.10 Å². The topological polar surface area (TPSA) is 36.4 Å². The fraction of sp³-hybridized carbons (Fsp3) is 0.364. The summed E-state index contributed by atoms with van der Waals surface area (Å²) in [5, 5.41) is 10.5. The molecule has 1 fully saturated rings. The lowest BCUT2D eigenvalue weighted by atomic mass is 10.3. The molecular formula is C11H11BrN2OS. The number of aromatic nitrogens is 1. The molecule has 0 radical (unpaired) electrons. The summed E-state index contributed by atoms with van der Waals surface area (Å²) in [4.78, 5) is 6.74. The summed E-state index contributed by atoms with van der Waals surface area (Å²) in [6.45, 7) is 1.61. The van der Waals surface area contributed by atoms with Crippen LogP contribution in [0.5, 0.6) is 0 Å². The highest BCUT2D eigenvalue weighted by Gasteiger charge is 2.22. The molecule has 1 aliphatic rings. The van der Waals surface area contributed by atoms with Gasteiger partial charge in [-0.15, -0.1) is 0 Å². The number of hydrogen-bond donors (Lipinski definition) is 1. The Bertz CT molecular complexity index is 528. The second kappa shape index (κ2) is 3.98. The first-order chi connectivity index (χ1) is 7.72. The number of β-amino-alcohol motifs (C(OH)–C–C–N with tert-alkyl or cyclic N) is 1. The molecule has 16 heavy (non-hydrogen) atoms. The van der Waals surface area contributed by atoms with Crippen molar-refractivity contribution in [2.24, 2.45) is 0 Å². The van der Waals surface area contributed by atoms with Crippen LogP contribution in [0, 0.1) is 0 Å². The molecule has 1 aromatic heterocycles. The minimum absolute atomic E-state index is 0.196. The van der Waals surface area contributed by atoms with Gasteiger partial charge in [0.1, 0.15) is 0 Å². The molecule has 5 heteroatoms. The number of anilines is 1. The van der Waals surface area contributed by atoms with E-state index in [1.165, 1.54) is 4.70 Å². The number of benzene rings is 1. The van der Waals surface area contributed by atoms with Crippen LogP contribution in [-0.4, -0.2) is 29.3 Å². The Kier molecular flexibility index (Phi) is 2.61. The Hall–Kier alpha value is -0.650. The monoisotopic (exact) mass is 298 g/mol. The molecular weight excluding hydrogens is 288 g/mol. The number of halogens is 1. The zero-order chi connectivity index (χ0) is 11.1. The third-order valence-electron chi connectivity index (χ3n) is 2.77. The Morgan fingerprint density at radius 1 is 1.50 bits per heavy atom. The molecule has 0 saturated carbocycles. The lowest BCUT2D eigenvalue weighted by Gasteiger charge is -2.12. The van der Waals surface area contributed by atoms with Crippen molar-refractivity contribution < 1.29 is 5.11 Å². The molecule has 1 unspecified atom stereocenters. The molecule has 1 atom stereocenters. The zero-order valence-electron chi connectivity index (χ0n) is 8.56. The first-order valence-corrected chi connectivity index (χ1v) is 6.82. The number of aliphatic hydroxyl groups is 1. The van der Waals surface area contributed by atoms with Crippen molar-refractivity contribution in [3.8, 4) is 0 Å². The second-order valence-corrected chi connectivity index (χ2v) is 5.92. The molecule has 84 valence electrons. The largest absolute Gasteiger partial charge is 0.391 e. The maximum absolute atomic E-state index is 9.51. The zero-order valence-corrected chi connectivity index (χ0v) is 11.0. The minimum Gasteiger partial charge on any atom is -0.391 e. The maximum Gasteiger partial charge on any atom is 0.186 e. The highest BCUT2D eigenvalue weighted by molar-refractivity contribution is 9.10. The summed E-state index contributed by atoms with van der Waals surface area (Å²) < 4.78 is 2.27.